The van der Waals surface area contributed by atoms with Crippen molar-refractivity contribution in [3.05, 3.63) is 66.1 Å². The minimum atomic E-state index is -0.293. The van der Waals surface area contributed by atoms with E-state index in [9.17, 15) is 9.59 Å². The van der Waals surface area contributed by atoms with Gasteiger partial charge >= 0.3 is 0 Å². The van der Waals surface area contributed by atoms with E-state index in [2.05, 4.69) is 32.0 Å². The number of carbonyl (C=O) groups is 2. The Morgan fingerprint density at radius 3 is 2.67 bits per heavy atom. The van der Waals surface area contributed by atoms with E-state index >= 15 is 0 Å². The molecule has 0 bridgehead atoms. The molecule has 1 fully saturated rings. The predicted molar refractivity (Wildman–Crippen MR) is 151 cm³/mol. The van der Waals surface area contributed by atoms with Gasteiger partial charge in [0, 0.05) is 57.4 Å². The smallest absolute Gasteiger partial charge is 0.202 e. The molecule has 40 heavy (non-hydrogen) atoms. The van der Waals surface area contributed by atoms with Gasteiger partial charge in [-0.25, -0.2) is 15.0 Å². The van der Waals surface area contributed by atoms with Gasteiger partial charge in [0.25, 0.3) is 0 Å². The van der Waals surface area contributed by atoms with E-state index in [0.717, 1.165) is 26.1 Å². The van der Waals surface area contributed by atoms with Gasteiger partial charge in [0.1, 0.15) is 12.9 Å². The summed E-state index contributed by atoms with van der Waals surface area (Å²) in [6.45, 7) is 3.42. The predicted octanol–water partition coefficient (Wildman–Crippen LogP) is 3.37. The number of likely N-dealkylation sites (N-methyl/N-ethyl adjacent to an activating group) is 1. The van der Waals surface area contributed by atoms with Crippen LogP contribution in [-0.2, 0) is 20.9 Å². The highest BCUT2D eigenvalue weighted by molar-refractivity contribution is 6.50. The van der Waals surface area contributed by atoms with Gasteiger partial charge in [-0.15, -0.1) is 0 Å². The van der Waals surface area contributed by atoms with E-state index in [0.29, 0.717) is 47.1 Å². The second kappa shape index (κ2) is 12.4. The normalized spacial score (nSPS) is 18.8. The summed E-state index contributed by atoms with van der Waals surface area (Å²) in [4.78, 5) is 43.8. The summed E-state index contributed by atoms with van der Waals surface area (Å²) in [6.07, 6.45) is 3.63. The zero-order valence-electron chi connectivity index (χ0n) is 23.0. The second-order valence-corrected chi connectivity index (χ2v) is 9.89. The monoisotopic (exact) mass is 543 g/mol. The van der Waals surface area contributed by atoms with Crippen molar-refractivity contribution in [1.29, 1.82) is 0 Å². The topological polar surface area (TPSA) is 106 Å². The van der Waals surface area contributed by atoms with Crippen LogP contribution < -0.4 is 9.47 Å². The molecule has 0 amide bonds. The Morgan fingerprint density at radius 1 is 1.07 bits per heavy atom. The Hall–Kier alpha value is -4.15. The molecular weight excluding hydrogens is 510 g/mol. The maximum Gasteiger partial charge on any atom is 0.202 e. The number of likely N-dealkylation sites (tertiary alicyclic amines) is 1. The maximum atomic E-state index is 13.2. The number of nitrogens with zero attached hydrogens (tertiary/aromatic N) is 5. The highest BCUT2D eigenvalue weighted by Gasteiger charge is 2.33. The highest BCUT2D eigenvalue weighted by Crippen LogP contribution is 2.35. The number of fused-ring (bicyclic) bond motifs is 1. The van der Waals surface area contributed by atoms with Crippen LogP contribution in [0.3, 0.4) is 0 Å². The van der Waals surface area contributed by atoms with E-state index in [1.165, 1.54) is 25.1 Å². The van der Waals surface area contributed by atoms with Crippen molar-refractivity contribution >= 4 is 34.0 Å². The Kier molecular flexibility index (Phi) is 8.47. The van der Waals surface area contributed by atoms with Crippen LogP contribution in [0, 0.1) is 0 Å². The molecule has 208 valence electrons. The third-order valence-corrected chi connectivity index (χ3v) is 7.28. The fourth-order valence-corrected chi connectivity index (χ4v) is 5.10. The number of allylic oxidation sites excluding steroid dienone is 2. The summed E-state index contributed by atoms with van der Waals surface area (Å²) in [5.74, 6) is 0.858. The minimum absolute atomic E-state index is 0.0870. The molecule has 1 aliphatic heterocycles. The summed E-state index contributed by atoms with van der Waals surface area (Å²) in [5, 5.41) is 0.586. The lowest BCUT2D eigenvalue weighted by Gasteiger charge is -2.30. The van der Waals surface area contributed by atoms with Crippen LogP contribution in [0.1, 0.15) is 18.4 Å². The molecule has 0 saturated carbocycles. The SMILES string of the molecule is COCCOc1cc2ncnc(N=C3CC(=O)C(N(C)[C@H]4CCN(Cc5ccccc5)C4)=CC3=O)c2cc1OC. The highest BCUT2D eigenvalue weighted by atomic mass is 16.5. The van der Waals surface area contributed by atoms with Crippen LogP contribution >= 0.6 is 0 Å². The lowest BCUT2D eigenvalue weighted by Crippen LogP contribution is -2.39. The van der Waals surface area contributed by atoms with Crippen molar-refractivity contribution in [2.75, 3.05) is 47.6 Å². The lowest BCUT2D eigenvalue weighted by molar-refractivity contribution is -0.118. The van der Waals surface area contributed by atoms with Gasteiger partial charge in [0.05, 0.1) is 37.1 Å². The molecule has 0 unspecified atom stereocenters. The van der Waals surface area contributed by atoms with Crippen LogP contribution in [0.2, 0.25) is 0 Å². The lowest BCUT2D eigenvalue weighted by atomic mass is 9.98. The number of rotatable bonds is 10. The Morgan fingerprint density at radius 2 is 1.90 bits per heavy atom. The summed E-state index contributed by atoms with van der Waals surface area (Å²) >= 11 is 0. The molecule has 0 radical (unpaired) electrons. The number of hydrogen-bond acceptors (Lipinski definition) is 10. The van der Waals surface area contributed by atoms with Gasteiger partial charge in [-0.1, -0.05) is 30.3 Å². The van der Waals surface area contributed by atoms with Gasteiger partial charge < -0.3 is 19.1 Å². The number of aromatic nitrogens is 2. The van der Waals surface area contributed by atoms with E-state index in [1.54, 1.807) is 19.2 Å². The average molecular weight is 544 g/mol. The minimum Gasteiger partial charge on any atom is -0.493 e. The van der Waals surface area contributed by atoms with E-state index in [4.69, 9.17) is 14.2 Å². The Labute approximate surface area is 233 Å². The third kappa shape index (κ3) is 6.03. The first kappa shape index (κ1) is 27.4. The standard InChI is InChI=1S/C30H33N5O5/c1-34(21-9-10-35(18-21)17-20-7-5-4-6-8-20)25-16-26(36)24(14-27(25)37)33-30-22-13-28(39-3)29(40-12-11-38-2)15-23(22)31-19-32-30/h4-8,13,15-16,19,21H,9-12,14,17-18H2,1-3H3/t21-/m0/s1. The van der Waals surface area contributed by atoms with Crippen molar-refractivity contribution in [2.45, 2.75) is 25.4 Å². The molecule has 2 heterocycles. The van der Waals surface area contributed by atoms with Crippen LogP contribution in [0.4, 0.5) is 5.82 Å². The number of hydrogen-bond donors (Lipinski definition) is 0. The van der Waals surface area contributed by atoms with Gasteiger partial charge in [-0.3, -0.25) is 14.5 Å². The average Bonchev–Trinajstić information content (AvgIpc) is 3.43. The number of ketones is 2. The molecule has 0 spiro atoms. The number of Topliss-reactive ketones (excluding diaryl/α,β-unsaturated/α-hetero) is 1. The van der Waals surface area contributed by atoms with Crippen LogP contribution in [0.25, 0.3) is 10.9 Å². The molecule has 5 rings (SSSR count). The molecular formula is C30H33N5O5. The molecule has 1 aliphatic carbocycles. The zero-order valence-corrected chi connectivity index (χ0v) is 23.0. The van der Waals surface area contributed by atoms with Crippen molar-refractivity contribution in [1.82, 2.24) is 19.8 Å². The second-order valence-electron chi connectivity index (χ2n) is 9.89. The van der Waals surface area contributed by atoms with Crippen LogP contribution in [-0.4, -0.2) is 90.7 Å². The van der Waals surface area contributed by atoms with E-state index in [-0.39, 0.29) is 29.7 Å². The quantitative estimate of drug-likeness (QED) is 0.356. The van der Waals surface area contributed by atoms with Crippen LogP contribution in [0.15, 0.2) is 65.6 Å². The van der Waals surface area contributed by atoms with Crippen molar-refractivity contribution in [2.24, 2.45) is 4.99 Å². The molecule has 10 heteroatoms. The van der Waals surface area contributed by atoms with Gasteiger partial charge in [0.2, 0.25) is 5.78 Å². The first-order chi connectivity index (χ1) is 19.5. The first-order valence-corrected chi connectivity index (χ1v) is 13.3. The largest absolute Gasteiger partial charge is 0.493 e. The number of methoxy groups -OCH3 is 2. The number of carbonyl (C=O) groups excluding carboxylic acids is 2. The molecule has 2 aromatic carbocycles. The third-order valence-electron chi connectivity index (χ3n) is 7.28. The zero-order chi connectivity index (χ0) is 28.1. The molecule has 0 N–H and O–H groups in total. The molecule has 1 saturated heterocycles. The molecule has 10 nitrogen and oxygen atoms in total. The van der Waals surface area contributed by atoms with Gasteiger partial charge in [-0.05, 0) is 18.1 Å². The van der Waals surface area contributed by atoms with Crippen molar-refractivity contribution in [3.63, 3.8) is 0 Å². The van der Waals surface area contributed by atoms with E-state index in [1.807, 2.05) is 30.1 Å². The first-order valence-electron chi connectivity index (χ1n) is 13.3. The Bertz CT molecular complexity index is 1460. The van der Waals surface area contributed by atoms with Crippen molar-refractivity contribution in [3.8, 4) is 11.5 Å². The fourth-order valence-electron chi connectivity index (χ4n) is 5.10. The van der Waals surface area contributed by atoms with Crippen LogP contribution in [0.5, 0.6) is 11.5 Å². The maximum absolute atomic E-state index is 13.2. The van der Waals surface area contributed by atoms with Gasteiger partial charge in [0.15, 0.2) is 23.1 Å². The summed E-state index contributed by atoms with van der Waals surface area (Å²) in [5.41, 5.74) is 2.43. The molecule has 1 aromatic heterocycles. The summed E-state index contributed by atoms with van der Waals surface area (Å²) < 4.78 is 16.3. The number of benzene rings is 2. The molecule has 3 aromatic rings. The number of aliphatic imine (C=N–C) groups is 1. The number of ether oxygens (including phenoxy) is 3. The van der Waals surface area contributed by atoms with Crippen molar-refractivity contribution < 1.29 is 23.8 Å². The molecule has 2 aliphatic rings. The Balaban J connectivity index is 1.33. The summed E-state index contributed by atoms with van der Waals surface area (Å²) in [7, 11) is 5.03. The molecule has 1 atom stereocenters. The van der Waals surface area contributed by atoms with E-state index < -0.39 is 0 Å². The summed E-state index contributed by atoms with van der Waals surface area (Å²) in [6, 6.07) is 14.0. The fraction of sp³-hybridized carbons (Fsp3) is 0.367. The van der Waals surface area contributed by atoms with Gasteiger partial charge in [-0.2, -0.15) is 0 Å².